The Morgan fingerprint density at radius 2 is 1.76 bits per heavy atom. The number of hydrogen-bond acceptors (Lipinski definition) is 6. The zero-order valence-electron chi connectivity index (χ0n) is 17.9. The fraction of sp³-hybridized carbons (Fsp3) is 0.0741. The maximum Gasteiger partial charge on any atom is 0.228 e. The molecule has 0 atom stereocenters. The molecule has 33 heavy (non-hydrogen) atoms. The quantitative estimate of drug-likeness (QED) is 0.272. The van der Waals surface area contributed by atoms with Gasteiger partial charge in [0.2, 0.25) is 11.8 Å². The third-order valence-electron chi connectivity index (χ3n) is 5.05. The molecule has 0 spiro atoms. The SMILES string of the molecule is CC(=O)c1ccc2oc(-c3ccc(Oc4cccc(OCc5ccccc5)c4)nc3)nc2c1. The highest BCUT2D eigenvalue weighted by atomic mass is 16.5. The summed E-state index contributed by atoms with van der Waals surface area (Å²) in [4.78, 5) is 20.4. The third kappa shape index (κ3) is 4.75. The molecule has 2 aromatic heterocycles. The standard InChI is InChI=1S/C27H20N2O4/c1-18(30)20-10-12-25-24(14-20)29-27(33-25)21-11-13-26(28-16-21)32-23-9-5-8-22(15-23)31-17-19-6-3-2-4-7-19/h2-16H,17H2,1H3. The van der Waals surface area contributed by atoms with Gasteiger partial charge in [0.05, 0.1) is 5.56 Å². The predicted molar refractivity (Wildman–Crippen MR) is 125 cm³/mol. The maximum absolute atomic E-state index is 11.6. The minimum atomic E-state index is -0.0147. The van der Waals surface area contributed by atoms with E-state index in [0.29, 0.717) is 52.1 Å². The van der Waals surface area contributed by atoms with Gasteiger partial charge in [-0.3, -0.25) is 4.79 Å². The molecule has 6 heteroatoms. The van der Waals surface area contributed by atoms with Gasteiger partial charge in [0, 0.05) is 23.9 Å². The first-order valence-electron chi connectivity index (χ1n) is 10.5. The number of aromatic nitrogens is 2. The summed E-state index contributed by atoms with van der Waals surface area (Å²) < 4.78 is 17.5. The number of oxazole rings is 1. The first-order valence-corrected chi connectivity index (χ1v) is 10.5. The Balaban J connectivity index is 1.28. The molecular formula is C27H20N2O4. The summed E-state index contributed by atoms with van der Waals surface area (Å²) in [6.45, 7) is 2.01. The molecule has 0 unspecified atom stereocenters. The lowest BCUT2D eigenvalue weighted by molar-refractivity contribution is 0.101. The van der Waals surface area contributed by atoms with Crippen molar-refractivity contribution in [3.05, 3.63) is 102 Å². The van der Waals surface area contributed by atoms with E-state index in [4.69, 9.17) is 13.9 Å². The molecule has 0 saturated carbocycles. The molecule has 6 nitrogen and oxygen atoms in total. The predicted octanol–water partition coefficient (Wildman–Crippen LogP) is 6.46. The van der Waals surface area contributed by atoms with E-state index in [9.17, 15) is 4.79 Å². The molecule has 0 bridgehead atoms. The van der Waals surface area contributed by atoms with Crippen LogP contribution in [0.5, 0.6) is 17.4 Å². The van der Waals surface area contributed by atoms with Crippen molar-refractivity contribution in [2.24, 2.45) is 0 Å². The van der Waals surface area contributed by atoms with Crippen LogP contribution in [-0.2, 0) is 6.61 Å². The van der Waals surface area contributed by atoms with E-state index >= 15 is 0 Å². The van der Waals surface area contributed by atoms with Crippen LogP contribution < -0.4 is 9.47 Å². The first kappa shape index (κ1) is 20.5. The van der Waals surface area contributed by atoms with Gasteiger partial charge in [-0.25, -0.2) is 9.97 Å². The van der Waals surface area contributed by atoms with Gasteiger partial charge in [0.1, 0.15) is 23.6 Å². The lowest BCUT2D eigenvalue weighted by Crippen LogP contribution is -1.95. The van der Waals surface area contributed by atoms with Crippen molar-refractivity contribution < 1.29 is 18.7 Å². The highest BCUT2D eigenvalue weighted by Crippen LogP contribution is 2.28. The fourth-order valence-corrected chi connectivity index (χ4v) is 3.33. The van der Waals surface area contributed by atoms with Crippen molar-refractivity contribution in [3.63, 3.8) is 0 Å². The largest absolute Gasteiger partial charge is 0.489 e. The number of pyridine rings is 1. The molecule has 2 heterocycles. The van der Waals surface area contributed by atoms with Crippen LogP contribution in [0.15, 0.2) is 95.5 Å². The van der Waals surface area contributed by atoms with Gasteiger partial charge in [0.15, 0.2) is 11.4 Å². The van der Waals surface area contributed by atoms with Crippen molar-refractivity contribution in [1.29, 1.82) is 0 Å². The number of Topliss-reactive ketones (excluding diaryl/α,β-unsaturated/α-hetero) is 1. The second-order valence-electron chi connectivity index (χ2n) is 7.49. The third-order valence-corrected chi connectivity index (χ3v) is 5.05. The maximum atomic E-state index is 11.6. The van der Waals surface area contributed by atoms with E-state index < -0.39 is 0 Å². The Bertz CT molecular complexity index is 1410. The number of ether oxygens (including phenoxy) is 2. The van der Waals surface area contributed by atoms with Crippen LogP contribution in [-0.4, -0.2) is 15.8 Å². The van der Waals surface area contributed by atoms with E-state index in [0.717, 1.165) is 5.56 Å². The number of benzene rings is 3. The van der Waals surface area contributed by atoms with E-state index in [-0.39, 0.29) is 5.78 Å². The number of carbonyl (C=O) groups excluding carboxylic acids is 1. The van der Waals surface area contributed by atoms with Gasteiger partial charge in [-0.05, 0) is 48.9 Å². The van der Waals surface area contributed by atoms with E-state index in [1.165, 1.54) is 6.92 Å². The number of rotatable bonds is 7. The van der Waals surface area contributed by atoms with Crippen molar-refractivity contribution >= 4 is 16.9 Å². The highest BCUT2D eigenvalue weighted by Gasteiger charge is 2.11. The molecule has 3 aromatic carbocycles. The molecule has 162 valence electrons. The molecular weight excluding hydrogens is 416 g/mol. The van der Waals surface area contributed by atoms with Crippen LogP contribution in [0.2, 0.25) is 0 Å². The lowest BCUT2D eigenvalue weighted by atomic mass is 10.1. The molecule has 5 rings (SSSR count). The zero-order chi connectivity index (χ0) is 22.6. The summed E-state index contributed by atoms with van der Waals surface area (Å²) in [6, 6.07) is 26.2. The molecule has 0 N–H and O–H groups in total. The molecule has 0 saturated heterocycles. The highest BCUT2D eigenvalue weighted by molar-refractivity contribution is 5.97. The fourth-order valence-electron chi connectivity index (χ4n) is 3.33. The topological polar surface area (TPSA) is 74.5 Å². The molecule has 0 radical (unpaired) electrons. The average Bonchev–Trinajstić information content (AvgIpc) is 3.28. The Hall–Kier alpha value is -4.45. The normalized spacial score (nSPS) is 10.8. The average molecular weight is 436 g/mol. The van der Waals surface area contributed by atoms with Crippen LogP contribution in [0.1, 0.15) is 22.8 Å². The van der Waals surface area contributed by atoms with Crippen LogP contribution in [0.25, 0.3) is 22.6 Å². The second kappa shape index (κ2) is 8.96. The Morgan fingerprint density at radius 3 is 2.55 bits per heavy atom. The van der Waals surface area contributed by atoms with Gasteiger partial charge in [-0.2, -0.15) is 0 Å². The van der Waals surface area contributed by atoms with Gasteiger partial charge in [-0.15, -0.1) is 0 Å². The number of carbonyl (C=O) groups is 1. The van der Waals surface area contributed by atoms with E-state index in [1.54, 1.807) is 30.5 Å². The van der Waals surface area contributed by atoms with Crippen LogP contribution >= 0.6 is 0 Å². The summed E-state index contributed by atoms with van der Waals surface area (Å²) in [5.74, 6) is 2.19. The van der Waals surface area contributed by atoms with Crippen molar-refractivity contribution in [3.8, 4) is 28.8 Å². The number of hydrogen-bond donors (Lipinski definition) is 0. The number of ketones is 1. The van der Waals surface area contributed by atoms with Crippen LogP contribution in [0.3, 0.4) is 0 Å². The van der Waals surface area contributed by atoms with Gasteiger partial charge >= 0.3 is 0 Å². The van der Waals surface area contributed by atoms with E-state index in [1.807, 2.05) is 60.7 Å². The smallest absolute Gasteiger partial charge is 0.228 e. The minimum absolute atomic E-state index is 0.0147. The van der Waals surface area contributed by atoms with Crippen LogP contribution in [0.4, 0.5) is 0 Å². The van der Waals surface area contributed by atoms with E-state index in [2.05, 4.69) is 9.97 Å². The molecule has 0 fully saturated rings. The Labute approximate surface area is 190 Å². The first-order chi connectivity index (χ1) is 16.1. The van der Waals surface area contributed by atoms with Gasteiger partial charge in [-0.1, -0.05) is 36.4 Å². The molecule has 0 amide bonds. The van der Waals surface area contributed by atoms with Crippen molar-refractivity contribution in [1.82, 2.24) is 9.97 Å². The molecule has 5 aromatic rings. The molecule has 0 aliphatic heterocycles. The molecule has 0 aliphatic carbocycles. The summed E-state index contributed by atoms with van der Waals surface area (Å²) in [6.07, 6.45) is 1.64. The monoisotopic (exact) mass is 436 g/mol. The summed E-state index contributed by atoms with van der Waals surface area (Å²) in [7, 11) is 0. The number of nitrogens with zero attached hydrogens (tertiary/aromatic N) is 2. The Kier molecular flexibility index (Phi) is 5.55. The zero-order valence-corrected chi connectivity index (χ0v) is 17.9. The van der Waals surface area contributed by atoms with Crippen molar-refractivity contribution in [2.75, 3.05) is 0 Å². The van der Waals surface area contributed by atoms with Crippen molar-refractivity contribution in [2.45, 2.75) is 13.5 Å². The number of fused-ring (bicyclic) bond motifs is 1. The summed E-state index contributed by atoms with van der Waals surface area (Å²) in [5.41, 5.74) is 3.65. The summed E-state index contributed by atoms with van der Waals surface area (Å²) in [5, 5.41) is 0. The van der Waals surface area contributed by atoms with Gasteiger partial charge in [0.25, 0.3) is 0 Å². The minimum Gasteiger partial charge on any atom is -0.489 e. The summed E-state index contributed by atoms with van der Waals surface area (Å²) >= 11 is 0. The second-order valence-corrected chi connectivity index (χ2v) is 7.49. The molecule has 0 aliphatic rings. The lowest BCUT2D eigenvalue weighted by Gasteiger charge is -2.09. The van der Waals surface area contributed by atoms with Gasteiger partial charge < -0.3 is 13.9 Å². The Morgan fingerprint density at radius 1 is 0.909 bits per heavy atom. The van der Waals surface area contributed by atoms with Crippen LogP contribution in [0, 0.1) is 0 Å².